The fourth-order valence-electron chi connectivity index (χ4n) is 0.808. The van der Waals surface area contributed by atoms with Crippen LogP contribution in [0.1, 0.15) is 11.6 Å². The Hall–Kier alpha value is -1.31. The fraction of sp³-hybridized carbons (Fsp3) is 0.222. The Morgan fingerprint density at radius 1 is 1.36 bits per heavy atom. The van der Waals surface area contributed by atoms with Gasteiger partial charge in [0.1, 0.15) is 6.26 Å². The average Bonchev–Trinajstić information content (AvgIpc) is 2.38. The molecule has 0 aliphatic carbocycles. The lowest BCUT2D eigenvalue weighted by molar-refractivity contribution is 0.508. The molecule has 0 atom stereocenters. The minimum Gasteiger partial charge on any atom is -0.448 e. The maximum atomic E-state index is 5.13. The van der Waals surface area contributed by atoms with Crippen LogP contribution in [0.15, 0.2) is 36.0 Å². The van der Waals surface area contributed by atoms with Crippen LogP contribution in [0.2, 0.25) is 0 Å². The molecule has 0 aliphatic heterocycles. The normalized spacial score (nSPS) is 9.45. The molecule has 0 amide bonds. The van der Waals surface area contributed by atoms with E-state index in [4.69, 9.17) is 4.42 Å². The molecule has 1 rings (SSSR count). The summed E-state index contributed by atoms with van der Waals surface area (Å²) in [5.41, 5.74) is 0.928. The van der Waals surface area contributed by atoms with E-state index in [0.29, 0.717) is 6.42 Å². The molecule has 58 valence electrons. The number of aromatic nitrogens is 1. The summed E-state index contributed by atoms with van der Waals surface area (Å²) in [7, 11) is 0. The van der Waals surface area contributed by atoms with Crippen molar-refractivity contribution < 1.29 is 4.42 Å². The average molecular weight is 149 g/mol. The van der Waals surface area contributed by atoms with Crippen molar-refractivity contribution in [3.63, 3.8) is 0 Å². The maximum absolute atomic E-state index is 5.13. The van der Waals surface area contributed by atoms with Gasteiger partial charge in [0.15, 0.2) is 5.89 Å². The van der Waals surface area contributed by atoms with E-state index in [-0.39, 0.29) is 0 Å². The van der Waals surface area contributed by atoms with Gasteiger partial charge in [0.2, 0.25) is 0 Å². The van der Waals surface area contributed by atoms with Gasteiger partial charge in [-0.3, -0.25) is 0 Å². The van der Waals surface area contributed by atoms with Crippen molar-refractivity contribution in [1.29, 1.82) is 0 Å². The van der Waals surface area contributed by atoms with E-state index in [9.17, 15) is 0 Å². The van der Waals surface area contributed by atoms with Crippen LogP contribution in [-0.2, 0) is 12.8 Å². The van der Waals surface area contributed by atoms with Gasteiger partial charge in [0, 0.05) is 12.8 Å². The molecule has 1 aromatic heterocycles. The molecule has 0 saturated heterocycles. The van der Waals surface area contributed by atoms with Crippen LogP contribution in [-0.4, -0.2) is 4.98 Å². The lowest BCUT2D eigenvalue weighted by Crippen LogP contribution is -1.82. The Bertz CT molecular complexity index is 225. The highest BCUT2D eigenvalue weighted by Crippen LogP contribution is 2.03. The lowest BCUT2D eigenvalue weighted by Gasteiger charge is -1.83. The summed E-state index contributed by atoms with van der Waals surface area (Å²) < 4.78 is 5.13. The van der Waals surface area contributed by atoms with Gasteiger partial charge in [0.25, 0.3) is 0 Å². The third kappa shape index (κ3) is 2.08. The second kappa shape index (κ2) is 3.76. The molecule has 0 aliphatic rings. The van der Waals surface area contributed by atoms with E-state index in [1.165, 1.54) is 0 Å². The molecule has 2 nitrogen and oxygen atoms in total. The van der Waals surface area contributed by atoms with Crippen LogP contribution in [0.4, 0.5) is 0 Å². The third-order valence-corrected chi connectivity index (χ3v) is 1.27. The summed E-state index contributed by atoms with van der Waals surface area (Å²) in [6.45, 7) is 7.20. The maximum Gasteiger partial charge on any atom is 0.197 e. The summed E-state index contributed by atoms with van der Waals surface area (Å²) in [6, 6.07) is 0. The summed E-state index contributed by atoms with van der Waals surface area (Å²) in [5.74, 6) is 0.719. The first-order valence-electron chi connectivity index (χ1n) is 3.52. The first-order valence-corrected chi connectivity index (χ1v) is 3.52. The number of hydrogen-bond acceptors (Lipinski definition) is 2. The molecule has 0 spiro atoms. The first kappa shape index (κ1) is 7.79. The number of allylic oxidation sites excluding steroid dienone is 2. The van der Waals surface area contributed by atoms with Gasteiger partial charge in [-0.15, -0.1) is 13.2 Å². The molecule has 1 heterocycles. The summed E-state index contributed by atoms with van der Waals surface area (Å²) in [6.07, 6.45) is 6.68. The van der Waals surface area contributed by atoms with Crippen LogP contribution in [0.5, 0.6) is 0 Å². The van der Waals surface area contributed by atoms with Gasteiger partial charge in [-0.1, -0.05) is 12.2 Å². The predicted molar refractivity (Wildman–Crippen MR) is 44.3 cm³/mol. The summed E-state index contributed by atoms with van der Waals surface area (Å²) in [5, 5.41) is 0. The van der Waals surface area contributed by atoms with Gasteiger partial charge >= 0.3 is 0 Å². The standard InChI is InChI=1S/C9H11NO/c1-3-5-8-7-11-9(10-8)6-4-2/h3-4,7H,1-2,5-6H2. The Balaban J connectivity index is 2.64. The summed E-state index contributed by atoms with van der Waals surface area (Å²) >= 11 is 0. The highest BCUT2D eigenvalue weighted by atomic mass is 16.3. The van der Waals surface area contributed by atoms with Gasteiger partial charge in [-0.25, -0.2) is 4.98 Å². The minimum absolute atomic E-state index is 0.692. The molecule has 2 heteroatoms. The Morgan fingerprint density at radius 3 is 2.73 bits per heavy atom. The number of oxazole rings is 1. The van der Waals surface area contributed by atoms with Crippen molar-refractivity contribution in [1.82, 2.24) is 4.98 Å². The van der Waals surface area contributed by atoms with Gasteiger partial charge in [0.05, 0.1) is 5.69 Å². The van der Waals surface area contributed by atoms with E-state index in [0.717, 1.165) is 18.0 Å². The molecule has 0 aromatic carbocycles. The van der Waals surface area contributed by atoms with Gasteiger partial charge in [-0.2, -0.15) is 0 Å². The van der Waals surface area contributed by atoms with Crippen LogP contribution >= 0.6 is 0 Å². The number of rotatable bonds is 4. The van der Waals surface area contributed by atoms with E-state index in [2.05, 4.69) is 18.1 Å². The zero-order valence-corrected chi connectivity index (χ0v) is 6.42. The highest BCUT2D eigenvalue weighted by molar-refractivity contribution is 5.02. The minimum atomic E-state index is 0.692. The molecule has 11 heavy (non-hydrogen) atoms. The van der Waals surface area contributed by atoms with E-state index in [1.54, 1.807) is 18.4 Å². The zero-order chi connectivity index (χ0) is 8.10. The lowest BCUT2D eigenvalue weighted by atomic mass is 10.3. The molecule has 0 unspecified atom stereocenters. The Morgan fingerprint density at radius 2 is 2.09 bits per heavy atom. The summed E-state index contributed by atoms with van der Waals surface area (Å²) in [4.78, 5) is 4.18. The number of nitrogens with zero attached hydrogens (tertiary/aromatic N) is 1. The van der Waals surface area contributed by atoms with Crippen molar-refractivity contribution >= 4 is 0 Å². The fourth-order valence-corrected chi connectivity index (χ4v) is 0.808. The highest BCUT2D eigenvalue weighted by Gasteiger charge is 1.98. The molecular formula is C9H11NO. The molecule has 0 N–H and O–H groups in total. The van der Waals surface area contributed by atoms with Gasteiger partial charge < -0.3 is 4.42 Å². The van der Waals surface area contributed by atoms with E-state index in [1.807, 2.05) is 0 Å². The van der Waals surface area contributed by atoms with Crippen LogP contribution in [0.25, 0.3) is 0 Å². The van der Waals surface area contributed by atoms with Crippen molar-refractivity contribution in [3.8, 4) is 0 Å². The molecular weight excluding hydrogens is 138 g/mol. The quantitative estimate of drug-likeness (QED) is 0.613. The van der Waals surface area contributed by atoms with E-state index >= 15 is 0 Å². The second-order valence-corrected chi connectivity index (χ2v) is 2.22. The SMILES string of the molecule is C=CCc1coc(CC=C)n1. The van der Waals surface area contributed by atoms with Crippen LogP contribution < -0.4 is 0 Å². The topological polar surface area (TPSA) is 26.0 Å². The molecule has 0 bridgehead atoms. The zero-order valence-electron chi connectivity index (χ0n) is 6.42. The Kier molecular flexibility index (Phi) is 2.66. The second-order valence-electron chi connectivity index (χ2n) is 2.22. The van der Waals surface area contributed by atoms with Crippen molar-refractivity contribution in [3.05, 3.63) is 43.2 Å². The molecule has 1 aromatic rings. The predicted octanol–water partition coefficient (Wildman–Crippen LogP) is 2.13. The van der Waals surface area contributed by atoms with Crippen LogP contribution in [0, 0.1) is 0 Å². The van der Waals surface area contributed by atoms with E-state index < -0.39 is 0 Å². The van der Waals surface area contributed by atoms with Gasteiger partial charge in [-0.05, 0) is 0 Å². The molecule has 0 saturated carbocycles. The smallest absolute Gasteiger partial charge is 0.197 e. The monoisotopic (exact) mass is 149 g/mol. The molecule has 0 fully saturated rings. The first-order chi connectivity index (χ1) is 5.36. The largest absolute Gasteiger partial charge is 0.448 e. The van der Waals surface area contributed by atoms with Crippen LogP contribution in [0.3, 0.4) is 0 Å². The molecule has 0 radical (unpaired) electrons. The van der Waals surface area contributed by atoms with Crippen molar-refractivity contribution in [2.24, 2.45) is 0 Å². The number of hydrogen-bond donors (Lipinski definition) is 0. The third-order valence-electron chi connectivity index (χ3n) is 1.27. The van der Waals surface area contributed by atoms with Crippen molar-refractivity contribution in [2.45, 2.75) is 12.8 Å². The Labute approximate surface area is 66.3 Å². The van der Waals surface area contributed by atoms with Crippen molar-refractivity contribution in [2.75, 3.05) is 0 Å².